The topological polar surface area (TPSA) is 25.8 Å². The third-order valence-corrected chi connectivity index (χ3v) is 10.3. The molecule has 320 valence electrons. The second-order valence-electron chi connectivity index (χ2n) is 14.1. The second kappa shape index (κ2) is 25.8. The molecule has 2 heterocycles. The summed E-state index contributed by atoms with van der Waals surface area (Å²) in [6, 6.07) is 56.7. The minimum atomic E-state index is 0. The molecule has 0 radical (unpaired) electrons. The van der Waals surface area contributed by atoms with Crippen LogP contribution in [-0.4, -0.2) is 9.97 Å². The van der Waals surface area contributed by atoms with Crippen molar-refractivity contribution in [3.8, 4) is 33.6 Å². The van der Waals surface area contributed by atoms with E-state index in [1.165, 1.54) is 54.9 Å². The fourth-order valence-corrected chi connectivity index (χ4v) is 7.61. The quantitative estimate of drug-likeness (QED) is 0.0697. The zero-order valence-corrected chi connectivity index (χ0v) is 37.8. The summed E-state index contributed by atoms with van der Waals surface area (Å²) in [5.74, 6) is 0. The van der Waals surface area contributed by atoms with Crippen LogP contribution in [0.2, 0.25) is 0 Å². The molecule has 63 heavy (non-hydrogen) atoms. The number of aryl methyl sites for hydroxylation is 1. The molecule has 8 aromatic rings. The van der Waals surface area contributed by atoms with Gasteiger partial charge in [-0.15, -0.1) is 0 Å². The van der Waals surface area contributed by atoms with Crippen molar-refractivity contribution in [3.05, 3.63) is 234 Å². The molecule has 6 aromatic carbocycles. The van der Waals surface area contributed by atoms with Crippen molar-refractivity contribution in [2.45, 2.75) is 75.2 Å². The number of benzene rings is 6. The van der Waals surface area contributed by atoms with Gasteiger partial charge in [0.05, 0.1) is 11.4 Å². The van der Waals surface area contributed by atoms with Gasteiger partial charge in [-0.2, -0.15) is 0 Å². The first-order valence-corrected chi connectivity index (χ1v) is 22.4. The lowest BCUT2D eigenvalue weighted by molar-refractivity contribution is 1.05. The summed E-state index contributed by atoms with van der Waals surface area (Å²) in [7, 11) is 0. The largest absolute Gasteiger partial charge is 0.251 e. The highest BCUT2D eigenvalue weighted by atomic mass is 14.8. The van der Waals surface area contributed by atoms with E-state index < -0.39 is 0 Å². The van der Waals surface area contributed by atoms with Gasteiger partial charge in [-0.1, -0.05) is 244 Å². The van der Waals surface area contributed by atoms with Gasteiger partial charge in [0.2, 0.25) is 0 Å². The molecule has 0 amide bonds. The van der Waals surface area contributed by atoms with Crippen molar-refractivity contribution < 1.29 is 0 Å². The number of allylic oxidation sites excluding steroid dienone is 6. The second-order valence-corrected chi connectivity index (χ2v) is 14.1. The molecule has 0 aliphatic heterocycles. The monoisotopic (exact) mass is 827 g/mol. The van der Waals surface area contributed by atoms with Gasteiger partial charge in [-0.25, -0.2) is 0 Å². The maximum Gasteiger partial charge on any atom is 0.0964 e. The predicted molar refractivity (Wildman–Crippen MR) is 279 cm³/mol. The Morgan fingerprint density at radius 2 is 1.03 bits per heavy atom. The van der Waals surface area contributed by atoms with E-state index in [4.69, 9.17) is 9.97 Å². The van der Waals surface area contributed by atoms with Crippen LogP contribution in [0.5, 0.6) is 0 Å². The van der Waals surface area contributed by atoms with Crippen molar-refractivity contribution in [2.24, 2.45) is 0 Å². The Labute approximate surface area is 379 Å². The maximum atomic E-state index is 5.30. The van der Waals surface area contributed by atoms with E-state index in [1.54, 1.807) is 6.08 Å². The van der Waals surface area contributed by atoms with E-state index >= 15 is 0 Å². The molecule has 2 nitrogen and oxygen atoms in total. The number of pyridine rings is 2. The average Bonchev–Trinajstić information content (AvgIpc) is 3.34. The van der Waals surface area contributed by atoms with Crippen LogP contribution < -0.4 is 0 Å². The summed E-state index contributed by atoms with van der Waals surface area (Å²) < 4.78 is 0. The zero-order valence-electron chi connectivity index (χ0n) is 37.8. The fourth-order valence-electron chi connectivity index (χ4n) is 7.61. The summed E-state index contributed by atoms with van der Waals surface area (Å²) >= 11 is 0. The first kappa shape index (κ1) is 48.8. The van der Waals surface area contributed by atoms with Crippen molar-refractivity contribution in [2.75, 3.05) is 0 Å². The molecule has 0 aliphatic rings. The molecule has 0 bridgehead atoms. The van der Waals surface area contributed by atoms with Crippen molar-refractivity contribution in [1.29, 1.82) is 0 Å². The minimum absolute atomic E-state index is 0. The van der Waals surface area contributed by atoms with E-state index in [0.29, 0.717) is 0 Å². The predicted octanol–water partition coefficient (Wildman–Crippen LogP) is 17.5. The SMILES string of the molecule is C.C=C/C=C\C=C/c1ccc(C)nc1-c1nc(C/C=C\Cc2ccc3c(-c4ccccc4)c4ccccc4c(-c4ccccc4)c3c2)ccc1Cc1ccccc1.CC.CC.CC. The van der Waals surface area contributed by atoms with Crippen LogP contribution in [0.25, 0.3) is 61.3 Å². The third kappa shape index (κ3) is 12.4. The van der Waals surface area contributed by atoms with Crippen LogP contribution >= 0.6 is 0 Å². The smallest absolute Gasteiger partial charge is 0.0964 e. The molecule has 0 N–H and O–H groups in total. The Morgan fingerprint density at radius 3 is 1.65 bits per heavy atom. The number of aromatic nitrogens is 2. The maximum absolute atomic E-state index is 5.30. The normalized spacial score (nSPS) is 10.7. The molecule has 0 saturated heterocycles. The highest BCUT2D eigenvalue weighted by molar-refractivity contribution is 6.21. The van der Waals surface area contributed by atoms with Gasteiger partial charge in [-0.05, 0) is 92.4 Å². The van der Waals surface area contributed by atoms with Gasteiger partial charge in [0.15, 0.2) is 0 Å². The van der Waals surface area contributed by atoms with Gasteiger partial charge in [0.25, 0.3) is 0 Å². The molecular formula is C61H66N2. The lowest BCUT2D eigenvalue weighted by atomic mass is 9.85. The minimum Gasteiger partial charge on any atom is -0.251 e. The van der Waals surface area contributed by atoms with E-state index in [9.17, 15) is 0 Å². The van der Waals surface area contributed by atoms with Crippen molar-refractivity contribution in [1.82, 2.24) is 9.97 Å². The van der Waals surface area contributed by atoms with Gasteiger partial charge in [0, 0.05) is 23.4 Å². The van der Waals surface area contributed by atoms with Gasteiger partial charge >= 0.3 is 0 Å². The van der Waals surface area contributed by atoms with E-state index in [1.807, 2.05) is 66.7 Å². The Balaban J connectivity index is 0.00000119. The highest BCUT2D eigenvalue weighted by Gasteiger charge is 2.17. The summed E-state index contributed by atoms with van der Waals surface area (Å²) in [5.41, 5.74) is 13.6. The van der Waals surface area contributed by atoms with E-state index in [0.717, 1.165) is 53.2 Å². The summed E-state index contributed by atoms with van der Waals surface area (Å²) in [4.78, 5) is 10.3. The molecule has 0 aliphatic carbocycles. The molecule has 2 heteroatoms. The average molecular weight is 827 g/mol. The number of hydrogen-bond donors (Lipinski definition) is 0. The molecule has 0 saturated carbocycles. The Morgan fingerprint density at radius 1 is 0.476 bits per heavy atom. The summed E-state index contributed by atoms with van der Waals surface area (Å²) in [5, 5.41) is 5.08. The Bertz CT molecular complexity index is 2720. The van der Waals surface area contributed by atoms with Crippen LogP contribution in [-0.2, 0) is 19.3 Å². The van der Waals surface area contributed by atoms with Crippen LogP contribution in [0.1, 0.15) is 82.6 Å². The van der Waals surface area contributed by atoms with Gasteiger partial charge in [0.1, 0.15) is 0 Å². The van der Waals surface area contributed by atoms with Crippen LogP contribution in [0.15, 0.2) is 201 Å². The van der Waals surface area contributed by atoms with Crippen molar-refractivity contribution >= 4 is 27.6 Å². The van der Waals surface area contributed by atoms with Gasteiger partial charge < -0.3 is 0 Å². The molecular weight excluding hydrogens is 761 g/mol. The number of fused-ring (bicyclic) bond motifs is 2. The Kier molecular flexibility index (Phi) is 20.0. The van der Waals surface area contributed by atoms with E-state index in [2.05, 4.69) is 183 Å². The lowest BCUT2D eigenvalue weighted by Gasteiger charge is -2.18. The molecule has 0 atom stereocenters. The van der Waals surface area contributed by atoms with Gasteiger partial charge in [-0.3, -0.25) is 9.97 Å². The summed E-state index contributed by atoms with van der Waals surface area (Å²) in [6.45, 7) is 17.8. The molecule has 8 rings (SSSR count). The molecule has 2 aromatic heterocycles. The molecule has 0 fully saturated rings. The van der Waals surface area contributed by atoms with E-state index in [-0.39, 0.29) is 7.43 Å². The number of rotatable bonds is 12. The Hall–Kier alpha value is -6.90. The first-order chi connectivity index (χ1) is 30.7. The highest BCUT2D eigenvalue weighted by Crippen LogP contribution is 2.44. The zero-order chi connectivity index (χ0) is 44.1. The van der Waals surface area contributed by atoms with Crippen LogP contribution in [0.4, 0.5) is 0 Å². The summed E-state index contributed by atoms with van der Waals surface area (Å²) in [6.07, 6.45) is 16.7. The van der Waals surface area contributed by atoms with Crippen LogP contribution in [0.3, 0.4) is 0 Å². The van der Waals surface area contributed by atoms with Crippen molar-refractivity contribution in [3.63, 3.8) is 0 Å². The number of hydrogen-bond acceptors (Lipinski definition) is 2. The lowest BCUT2D eigenvalue weighted by Crippen LogP contribution is -2.02. The standard InChI is InChI=1S/C54H44N2.3C2H6.CH4/c1-3-4-5-11-27-44-33-31-39(2)55-53(44)54-45(37-40-20-9-6-10-21-40)34-35-46(56-54)28-17-16-22-41-32-36-49-50(38-41)52(43-25-14-8-15-26-43)48-30-19-18-29-47(48)51(49)42-23-12-7-13-24-42;3*1-2;/h3-21,23-27,29-36,38H,1,22,28,37H2,2H3;3*1-2H3;1H4/b5-4-,17-16-,27-11-;;;;. The number of nitrogens with zero attached hydrogens (tertiary/aromatic N) is 2. The fraction of sp³-hybridized carbons (Fsp3) is 0.180. The third-order valence-electron chi connectivity index (χ3n) is 10.3. The molecule has 0 spiro atoms. The first-order valence-electron chi connectivity index (χ1n) is 22.4. The van der Waals surface area contributed by atoms with Crippen LogP contribution in [0, 0.1) is 6.92 Å². The molecule has 0 unspecified atom stereocenters.